The highest BCUT2D eigenvalue weighted by Gasteiger charge is 2.12. The second-order valence-corrected chi connectivity index (χ2v) is 7.33. The summed E-state index contributed by atoms with van der Waals surface area (Å²) in [6.07, 6.45) is 0. The van der Waals surface area contributed by atoms with Crippen molar-refractivity contribution in [1.82, 2.24) is 9.55 Å². The zero-order chi connectivity index (χ0) is 16.4. The average molecular weight is 395 g/mol. The molecule has 1 heterocycles. The third kappa shape index (κ3) is 3.12. The average Bonchev–Trinajstić information content (AvgIpc) is 3.00. The number of thioether (sulfide) groups is 1. The van der Waals surface area contributed by atoms with Gasteiger partial charge in [0.2, 0.25) is 0 Å². The van der Waals surface area contributed by atoms with Crippen molar-refractivity contribution < 1.29 is 0 Å². The smallest absolute Gasteiger partial charge is 0.174 e. The molecule has 3 aromatic carbocycles. The van der Waals surface area contributed by atoms with Crippen LogP contribution in [0.5, 0.6) is 0 Å². The van der Waals surface area contributed by atoms with Crippen LogP contribution in [0.3, 0.4) is 0 Å². The van der Waals surface area contributed by atoms with E-state index in [1.165, 1.54) is 5.56 Å². The molecule has 0 bridgehead atoms. The van der Waals surface area contributed by atoms with Gasteiger partial charge in [0.25, 0.3) is 0 Å². The summed E-state index contributed by atoms with van der Waals surface area (Å²) in [5.41, 5.74) is 4.60. The Morgan fingerprint density at radius 1 is 0.833 bits per heavy atom. The van der Waals surface area contributed by atoms with Gasteiger partial charge in [-0.25, -0.2) is 4.98 Å². The zero-order valence-electron chi connectivity index (χ0n) is 12.9. The van der Waals surface area contributed by atoms with Crippen molar-refractivity contribution in [2.75, 3.05) is 0 Å². The molecule has 0 unspecified atom stereocenters. The molecule has 0 spiro atoms. The fourth-order valence-corrected chi connectivity index (χ4v) is 3.90. The lowest BCUT2D eigenvalue weighted by Crippen LogP contribution is -1.96. The molecule has 0 saturated carbocycles. The van der Waals surface area contributed by atoms with E-state index in [9.17, 15) is 0 Å². The standard InChI is InChI=1S/C20H15BrN2S/c21-16-12-10-15(11-13-16)14-24-20-22-18-8-4-5-9-19(18)23(20)17-6-2-1-3-7-17/h1-13H,14H2. The van der Waals surface area contributed by atoms with E-state index in [0.29, 0.717) is 0 Å². The molecular weight excluding hydrogens is 380 g/mol. The molecule has 0 aliphatic carbocycles. The second-order valence-electron chi connectivity index (χ2n) is 5.47. The van der Waals surface area contributed by atoms with Crippen molar-refractivity contribution in [1.29, 1.82) is 0 Å². The fraction of sp³-hybridized carbons (Fsp3) is 0.0500. The molecule has 118 valence electrons. The molecule has 4 rings (SSSR count). The normalized spacial score (nSPS) is 11.0. The lowest BCUT2D eigenvalue weighted by Gasteiger charge is -2.09. The number of hydrogen-bond acceptors (Lipinski definition) is 2. The van der Waals surface area contributed by atoms with Crippen molar-refractivity contribution in [2.24, 2.45) is 0 Å². The summed E-state index contributed by atoms with van der Waals surface area (Å²) >= 11 is 5.25. The molecule has 1 aromatic heterocycles. The van der Waals surface area contributed by atoms with Crippen LogP contribution in [0.4, 0.5) is 0 Å². The second kappa shape index (κ2) is 6.83. The SMILES string of the molecule is Brc1ccc(CSc2nc3ccccc3n2-c2ccccc2)cc1. The minimum absolute atomic E-state index is 0.892. The van der Waals surface area contributed by atoms with Gasteiger partial charge >= 0.3 is 0 Å². The first-order chi connectivity index (χ1) is 11.8. The van der Waals surface area contributed by atoms with Gasteiger partial charge in [0.15, 0.2) is 5.16 Å². The number of imidazole rings is 1. The van der Waals surface area contributed by atoms with Crippen molar-refractivity contribution in [3.05, 3.63) is 88.9 Å². The molecule has 4 heteroatoms. The quantitative estimate of drug-likeness (QED) is 0.390. The predicted octanol–water partition coefficient (Wildman–Crippen LogP) is 6.08. The number of para-hydroxylation sites is 3. The number of fused-ring (bicyclic) bond motifs is 1. The van der Waals surface area contributed by atoms with Crippen molar-refractivity contribution in [3.8, 4) is 5.69 Å². The molecular formula is C20H15BrN2S. The molecule has 0 saturated heterocycles. The van der Waals surface area contributed by atoms with Gasteiger partial charge in [-0.15, -0.1) is 0 Å². The van der Waals surface area contributed by atoms with Crippen LogP contribution in [-0.4, -0.2) is 9.55 Å². The number of halogens is 1. The van der Waals surface area contributed by atoms with Crippen LogP contribution >= 0.6 is 27.7 Å². The Morgan fingerprint density at radius 2 is 1.54 bits per heavy atom. The minimum atomic E-state index is 0.892. The Morgan fingerprint density at radius 3 is 2.33 bits per heavy atom. The number of benzene rings is 3. The topological polar surface area (TPSA) is 17.8 Å². The molecule has 0 fully saturated rings. The van der Waals surface area contributed by atoms with Gasteiger partial charge in [-0.1, -0.05) is 70.2 Å². The van der Waals surface area contributed by atoms with Crippen molar-refractivity contribution in [2.45, 2.75) is 10.9 Å². The maximum absolute atomic E-state index is 4.84. The van der Waals surface area contributed by atoms with Gasteiger partial charge in [-0.05, 0) is 42.0 Å². The first-order valence-electron chi connectivity index (χ1n) is 7.71. The van der Waals surface area contributed by atoms with Gasteiger partial charge in [-0.3, -0.25) is 4.57 Å². The van der Waals surface area contributed by atoms with Gasteiger partial charge < -0.3 is 0 Å². The van der Waals surface area contributed by atoms with E-state index in [1.807, 2.05) is 12.1 Å². The maximum Gasteiger partial charge on any atom is 0.174 e. The number of nitrogens with zero attached hydrogens (tertiary/aromatic N) is 2. The van der Waals surface area contributed by atoms with E-state index in [0.717, 1.165) is 32.1 Å². The van der Waals surface area contributed by atoms with Crippen molar-refractivity contribution >= 4 is 38.7 Å². The molecule has 0 atom stereocenters. The third-order valence-corrected chi connectivity index (χ3v) is 5.36. The third-order valence-electron chi connectivity index (χ3n) is 3.83. The van der Waals surface area contributed by atoms with Gasteiger partial charge in [0.1, 0.15) is 0 Å². The maximum atomic E-state index is 4.84. The Bertz CT molecular complexity index is 962. The Kier molecular flexibility index (Phi) is 4.41. The molecule has 0 N–H and O–H groups in total. The first kappa shape index (κ1) is 15.5. The molecule has 0 amide bonds. The Balaban J connectivity index is 1.73. The zero-order valence-corrected chi connectivity index (χ0v) is 15.3. The van der Waals surface area contributed by atoms with Gasteiger partial charge in [-0.2, -0.15) is 0 Å². The van der Waals surface area contributed by atoms with Crippen molar-refractivity contribution in [3.63, 3.8) is 0 Å². The molecule has 0 aliphatic rings. The summed E-state index contributed by atoms with van der Waals surface area (Å²) in [7, 11) is 0. The van der Waals surface area contributed by atoms with E-state index < -0.39 is 0 Å². The van der Waals surface area contributed by atoms with Crippen LogP contribution in [0.2, 0.25) is 0 Å². The first-order valence-corrected chi connectivity index (χ1v) is 9.49. The largest absolute Gasteiger partial charge is 0.287 e. The summed E-state index contributed by atoms with van der Waals surface area (Å²) in [6, 6.07) is 27.1. The minimum Gasteiger partial charge on any atom is -0.287 e. The van der Waals surface area contributed by atoms with Gasteiger partial charge in [0, 0.05) is 15.9 Å². The van der Waals surface area contributed by atoms with Crippen LogP contribution in [0, 0.1) is 0 Å². The van der Waals surface area contributed by atoms with E-state index in [2.05, 4.69) is 87.2 Å². The summed E-state index contributed by atoms with van der Waals surface area (Å²) in [4.78, 5) is 4.84. The number of aromatic nitrogens is 2. The number of rotatable bonds is 4. The van der Waals surface area contributed by atoms with Crippen LogP contribution in [0.25, 0.3) is 16.7 Å². The molecule has 24 heavy (non-hydrogen) atoms. The monoisotopic (exact) mass is 394 g/mol. The highest BCUT2D eigenvalue weighted by molar-refractivity contribution is 9.10. The Hall–Kier alpha value is -2.04. The lowest BCUT2D eigenvalue weighted by atomic mass is 10.2. The highest BCUT2D eigenvalue weighted by atomic mass is 79.9. The highest BCUT2D eigenvalue weighted by Crippen LogP contribution is 2.30. The molecule has 0 aliphatic heterocycles. The summed E-state index contributed by atoms with van der Waals surface area (Å²) in [5, 5.41) is 1.02. The number of hydrogen-bond donors (Lipinski definition) is 0. The predicted molar refractivity (Wildman–Crippen MR) is 105 cm³/mol. The lowest BCUT2D eigenvalue weighted by molar-refractivity contribution is 0.919. The molecule has 0 radical (unpaired) electrons. The van der Waals surface area contributed by atoms with E-state index >= 15 is 0 Å². The van der Waals surface area contributed by atoms with Crippen LogP contribution in [0.1, 0.15) is 5.56 Å². The van der Waals surface area contributed by atoms with Crippen LogP contribution in [0.15, 0.2) is 88.5 Å². The summed E-state index contributed by atoms with van der Waals surface area (Å²) < 4.78 is 3.34. The fourth-order valence-electron chi connectivity index (χ4n) is 2.66. The molecule has 2 nitrogen and oxygen atoms in total. The van der Waals surface area contributed by atoms with Gasteiger partial charge in [0.05, 0.1) is 11.0 Å². The van der Waals surface area contributed by atoms with E-state index in [1.54, 1.807) is 11.8 Å². The molecule has 4 aromatic rings. The summed E-state index contributed by atoms with van der Waals surface area (Å²) in [6.45, 7) is 0. The van der Waals surface area contributed by atoms with Crippen LogP contribution in [-0.2, 0) is 5.75 Å². The van der Waals surface area contributed by atoms with E-state index in [4.69, 9.17) is 4.98 Å². The van der Waals surface area contributed by atoms with E-state index in [-0.39, 0.29) is 0 Å². The van der Waals surface area contributed by atoms with Crippen LogP contribution < -0.4 is 0 Å². The summed E-state index contributed by atoms with van der Waals surface area (Å²) in [5.74, 6) is 0.892. The Labute approximate surface area is 153 Å².